The summed E-state index contributed by atoms with van der Waals surface area (Å²) in [7, 11) is 0. The monoisotopic (exact) mass is 344 g/mol. The van der Waals surface area contributed by atoms with Crippen LogP contribution in [-0.2, 0) is 12.6 Å². The van der Waals surface area contributed by atoms with Crippen molar-refractivity contribution in [3.05, 3.63) is 52.5 Å². The molecular formula is C16H16ClF3N2O. The second-order valence-electron chi connectivity index (χ2n) is 5.29. The number of hydrogen-bond acceptors (Lipinski definition) is 3. The summed E-state index contributed by atoms with van der Waals surface area (Å²) in [5, 5.41) is 11.8. The van der Waals surface area contributed by atoms with Crippen LogP contribution in [0, 0.1) is 0 Å². The molecule has 0 heterocycles. The van der Waals surface area contributed by atoms with Crippen molar-refractivity contribution in [1.82, 2.24) is 0 Å². The fraction of sp³-hybridized carbons (Fsp3) is 0.250. The summed E-state index contributed by atoms with van der Waals surface area (Å²) < 4.78 is 38.3. The molecule has 0 amide bonds. The van der Waals surface area contributed by atoms with Crippen LogP contribution in [0.1, 0.15) is 18.1 Å². The summed E-state index contributed by atoms with van der Waals surface area (Å²) in [6, 6.07) is 9.11. The number of rotatable bonds is 4. The van der Waals surface area contributed by atoms with Crippen molar-refractivity contribution in [3.63, 3.8) is 0 Å². The predicted molar refractivity (Wildman–Crippen MR) is 86.0 cm³/mol. The van der Waals surface area contributed by atoms with Gasteiger partial charge in [-0.1, -0.05) is 23.7 Å². The van der Waals surface area contributed by atoms with Gasteiger partial charge in [0.2, 0.25) is 0 Å². The second kappa shape index (κ2) is 6.68. The van der Waals surface area contributed by atoms with Crippen LogP contribution in [0.25, 0.3) is 0 Å². The second-order valence-corrected chi connectivity index (χ2v) is 5.70. The largest absolute Gasteiger partial charge is 0.417 e. The Kier molecular flexibility index (Phi) is 5.06. The van der Waals surface area contributed by atoms with Crippen LogP contribution in [0.4, 0.5) is 30.2 Å². The highest BCUT2D eigenvalue weighted by atomic mass is 35.5. The molecule has 1 unspecified atom stereocenters. The molecule has 0 aliphatic rings. The van der Waals surface area contributed by atoms with Crippen molar-refractivity contribution in [1.29, 1.82) is 0 Å². The Labute approximate surface area is 136 Å². The maximum Gasteiger partial charge on any atom is 0.417 e. The van der Waals surface area contributed by atoms with Gasteiger partial charge in [0.05, 0.1) is 28.1 Å². The number of nitrogens with one attached hydrogen (secondary N) is 1. The Balaban J connectivity index is 2.22. The van der Waals surface area contributed by atoms with Crippen LogP contribution in [0.5, 0.6) is 0 Å². The number of nitrogens with two attached hydrogens (primary N) is 1. The van der Waals surface area contributed by atoms with E-state index < -0.39 is 22.9 Å². The van der Waals surface area contributed by atoms with Crippen molar-refractivity contribution in [3.8, 4) is 0 Å². The summed E-state index contributed by atoms with van der Waals surface area (Å²) in [4.78, 5) is 0. The van der Waals surface area contributed by atoms with Crippen LogP contribution in [0.15, 0.2) is 36.4 Å². The number of hydrogen-bond donors (Lipinski definition) is 3. The standard InChI is InChI=1S/C16H16ClF3N2O/c1-9(23)6-10-2-4-11(5-3-10)22-15-8-13(17)12(7-14(15)21)16(18,19)20/h2-5,7-9,22-23H,6,21H2,1H3. The molecule has 0 spiro atoms. The van der Waals surface area contributed by atoms with Crippen molar-refractivity contribution in [2.24, 2.45) is 0 Å². The van der Waals surface area contributed by atoms with Gasteiger partial charge in [0.25, 0.3) is 0 Å². The first kappa shape index (κ1) is 17.4. The smallest absolute Gasteiger partial charge is 0.397 e. The number of aliphatic hydroxyl groups excluding tert-OH is 1. The number of anilines is 3. The van der Waals surface area contributed by atoms with Gasteiger partial charge in [0.15, 0.2) is 0 Å². The molecule has 0 aromatic heterocycles. The van der Waals surface area contributed by atoms with E-state index >= 15 is 0 Å². The molecule has 0 fully saturated rings. The van der Waals surface area contributed by atoms with Gasteiger partial charge in [-0.05, 0) is 43.2 Å². The molecular weight excluding hydrogens is 329 g/mol. The van der Waals surface area contributed by atoms with Gasteiger partial charge >= 0.3 is 6.18 Å². The van der Waals surface area contributed by atoms with Crippen LogP contribution < -0.4 is 11.1 Å². The Morgan fingerprint density at radius 1 is 1.22 bits per heavy atom. The normalized spacial score (nSPS) is 13.0. The van der Waals surface area contributed by atoms with E-state index in [0.29, 0.717) is 17.8 Å². The Morgan fingerprint density at radius 3 is 2.35 bits per heavy atom. The first-order valence-corrected chi connectivity index (χ1v) is 7.25. The van der Waals surface area contributed by atoms with Gasteiger partial charge in [0.1, 0.15) is 0 Å². The summed E-state index contributed by atoms with van der Waals surface area (Å²) in [5.74, 6) is 0. The van der Waals surface area contributed by atoms with Gasteiger partial charge in [-0.2, -0.15) is 13.2 Å². The lowest BCUT2D eigenvalue weighted by Gasteiger charge is -2.15. The quantitative estimate of drug-likeness (QED) is 0.710. The van der Waals surface area contributed by atoms with E-state index in [9.17, 15) is 18.3 Å². The number of halogens is 4. The Bertz CT molecular complexity index is 685. The first-order valence-electron chi connectivity index (χ1n) is 6.87. The lowest BCUT2D eigenvalue weighted by Crippen LogP contribution is -2.08. The minimum Gasteiger partial charge on any atom is -0.397 e. The Hall–Kier alpha value is -1.92. The third-order valence-electron chi connectivity index (χ3n) is 3.21. The Morgan fingerprint density at radius 2 is 1.83 bits per heavy atom. The zero-order valence-electron chi connectivity index (χ0n) is 12.3. The van der Waals surface area contributed by atoms with Crippen LogP contribution in [0.3, 0.4) is 0 Å². The zero-order valence-corrected chi connectivity index (χ0v) is 13.0. The fourth-order valence-corrected chi connectivity index (χ4v) is 2.41. The first-order chi connectivity index (χ1) is 10.7. The molecule has 2 aromatic rings. The molecule has 0 saturated heterocycles. The lowest BCUT2D eigenvalue weighted by atomic mass is 10.1. The van der Waals surface area contributed by atoms with Crippen molar-refractivity contribution in [2.75, 3.05) is 11.1 Å². The lowest BCUT2D eigenvalue weighted by molar-refractivity contribution is -0.137. The van der Waals surface area contributed by atoms with E-state index in [4.69, 9.17) is 17.3 Å². The van der Waals surface area contributed by atoms with Gasteiger partial charge < -0.3 is 16.2 Å². The highest BCUT2D eigenvalue weighted by Crippen LogP contribution is 2.39. The summed E-state index contributed by atoms with van der Waals surface area (Å²) >= 11 is 5.69. The molecule has 7 heteroatoms. The fourth-order valence-electron chi connectivity index (χ4n) is 2.14. The van der Waals surface area contributed by atoms with Gasteiger partial charge in [-0.25, -0.2) is 0 Å². The molecule has 124 valence electrons. The summed E-state index contributed by atoms with van der Waals surface area (Å²) in [6.07, 6.45) is -4.47. The van der Waals surface area contributed by atoms with Gasteiger partial charge in [-0.3, -0.25) is 0 Å². The molecule has 0 radical (unpaired) electrons. The third-order valence-corrected chi connectivity index (χ3v) is 3.52. The molecule has 0 aliphatic carbocycles. The maximum atomic E-state index is 12.8. The van der Waals surface area contributed by atoms with Gasteiger partial charge in [0, 0.05) is 5.69 Å². The van der Waals surface area contributed by atoms with Crippen molar-refractivity contribution >= 4 is 28.7 Å². The van der Waals surface area contributed by atoms with E-state index in [1.54, 1.807) is 19.1 Å². The number of aliphatic hydroxyl groups is 1. The van der Waals surface area contributed by atoms with E-state index in [1.165, 1.54) is 0 Å². The number of nitrogen functional groups attached to an aromatic ring is 1. The molecule has 2 aromatic carbocycles. The molecule has 23 heavy (non-hydrogen) atoms. The maximum absolute atomic E-state index is 12.8. The highest BCUT2D eigenvalue weighted by molar-refractivity contribution is 6.32. The molecule has 2 rings (SSSR count). The molecule has 3 nitrogen and oxygen atoms in total. The molecule has 1 atom stereocenters. The third kappa shape index (κ3) is 4.53. The minimum atomic E-state index is -4.55. The molecule has 4 N–H and O–H groups in total. The van der Waals surface area contributed by atoms with E-state index in [1.807, 2.05) is 12.1 Å². The van der Waals surface area contributed by atoms with E-state index in [-0.39, 0.29) is 5.69 Å². The highest BCUT2D eigenvalue weighted by Gasteiger charge is 2.33. The summed E-state index contributed by atoms with van der Waals surface area (Å²) in [6.45, 7) is 1.69. The minimum absolute atomic E-state index is 0.0465. The van der Waals surface area contributed by atoms with Crippen molar-refractivity contribution in [2.45, 2.75) is 25.6 Å². The van der Waals surface area contributed by atoms with Gasteiger partial charge in [-0.15, -0.1) is 0 Å². The van der Waals surface area contributed by atoms with Crippen LogP contribution in [-0.4, -0.2) is 11.2 Å². The van der Waals surface area contributed by atoms with Crippen LogP contribution in [0.2, 0.25) is 5.02 Å². The average Bonchev–Trinajstić information content (AvgIpc) is 2.43. The molecule has 0 saturated carbocycles. The average molecular weight is 345 g/mol. The molecule has 0 aliphatic heterocycles. The summed E-state index contributed by atoms with van der Waals surface area (Å²) in [5.41, 5.74) is 6.57. The number of benzene rings is 2. The van der Waals surface area contributed by atoms with E-state index in [2.05, 4.69) is 5.32 Å². The topological polar surface area (TPSA) is 58.3 Å². The van der Waals surface area contributed by atoms with Crippen molar-refractivity contribution < 1.29 is 18.3 Å². The predicted octanol–water partition coefficient (Wildman–Crippen LogP) is 4.61. The zero-order chi connectivity index (χ0) is 17.2. The number of alkyl halides is 3. The van der Waals surface area contributed by atoms with Crippen LogP contribution >= 0.6 is 11.6 Å². The molecule has 0 bridgehead atoms. The SMILES string of the molecule is CC(O)Cc1ccc(Nc2cc(Cl)c(C(F)(F)F)cc2N)cc1. The van der Waals surface area contributed by atoms with E-state index in [0.717, 1.165) is 17.7 Å².